The summed E-state index contributed by atoms with van der Waals surface area (Å²) in [6.45, 7) is -1.69. The van der Waals surface area contributed by atoms with Gasteiger partial charge in [0.25, 0.3) is 0 Å². The van der Waals surface area contributed by atoms with Gasteiger partial charge in [0.2, 0.25) is 0 Å². The molecule has 0 aliphatic heterocycles. The van der Waals surface area contributed by atoms with Crippen molar-refractivity contribution in [1.29, 1.82) is 0 Å². The Morgan fingerprint density at radius 3 is 1.20 bits per heavy atom. The average Bonchev–Trinajstić information content (AvgIpc) is 2.30. The number of ketones is 1. The number of aliphatic hydroxyl groups excluding tert-OH is 5. The molecule has 0 fully saturated rings. The van der Waals surface area contributed by atoms with Crippen LogP contribution < -0.4 is 29.4 Å². The first kappa shape index (κ1) is 41.0. The molecule has 5 N–H and O–H groups in total. The molecule has 3 atom stereocenters. The van der Waals surface area contributed by atoms with Gasteiger partial charge in [0.1, 0.15) is 24.9 Å². The first-order valence-electron chi connectivity index (χ1n) is 4.79. The standard InChI is InChI=1S/C6H12O6.2H3O4P.3Zn/c7-1-3(9)5(11)6(12)4(10)2-8;2*1-5(2,3)4;;;/h3,5-9,11-12H,1-2H2;2*(H3,1,2,3,4);;;/q;;;3*+2/p-6. The van der Waals surface area contributed by atoms with Crippen molar-refractivity contribution in [3.05, 3.63) is 0 Å². The third kappa shape index (κ3) is 46.0. The van der Waals surface area contributed by atoms with Crippen molar-refractivity contribution in [2.45, 2.75) is 18.3 Å². The summed E-state index contributed by atoms with van der Waals surface area (Å²) < 4.78 is 17.1. The monoisotopic (exact) mass is 562 g/mol. The minimum absolute atomic E-state index is 0. The topological polar surface area (TPSA) is 291 Å². The molecule has 0 bridgehead atoms. The van der Waals surface area contributed by atoms with Crippen molar-refractivity contribution in [1.82, 2.24) is 0 Å². The third-order valence-corrected chi connectivity index (χ3v) is 1.39. The summed E-state index contributed by atoms with van der Waals surface area (Å²) in [5.74, 6) is -1.00. The quantitative estimate of drug-likeness (QED) is 0.153. The Labute approximate surface area is 179 Å². The fourth-order valence-corrected chi connectivity index (χ4v) is 0.602. The maximum Gasteiger partial charge on any atom is 2.00 e. The molecule has 0 aliphatic carbocycles. The van der Waals surface area contributed by atoms with Crippen LogP contribution in [-0.4, -0.2) is 62.8 Å². The number of Topliss-reactive ketones (excluding diaryl/α,β-unsaturated/α-hetero) is 1. The molecule has 0 saturated carbocycles. The molecule has 3 unspecified atom stereocenters. The van der Waals surface area contributed by atoms with Crippen LogP contribution in [0.25, 0.3) is 0 Å². The van der Waals surface area contributed by atoms with Crippen LogP contribution in [0.5, 0.6) is 0 Å². The summed E-state index contributed by atoms with van der Waals surface area (Å²) in [6, 6.07) is 0. The normalized spacial score (nSPS) is 13.6. The summed E-state index contributed by atoms with van der Waals surface area (Å²) in [5.41, 5.74) is 0. The van der Waals surface area contributed by atoms with Crippen molar-refractivity contribution < 1.29 is 127 Å². The van der Waals surface area contributed by atoms with E-state index in [2.05, 4.69) is 0 Å². The molecule has 25 heavy (non-hydrogen) atoms. The second kappa shape index (κ2) is 20.3. The first-order valence-corrected chi connectivity index (χ1v) is 7.71. The fraction of sp³-hybridized carbons (Fsp3) is 0.833. The van der Waals surface area contributed by atoms with Crippen molar-refractivity contribution in [2.24, 2.45) is 0 Å². The Bertz CT molecular complexity index is 361. The molecule has 0 rings (SSSR count). The fourth-order valence-electron chi connectivity index (χ4n) is 0.602. The minimum atomic E-state index is -5.39. The second-order valence-corrected chi connectivity index (χ2v) is 4.99. The van der Waals surface area contributed by atoms with Gasteiger partial charge < -0.3 is 64.0 Å². The molecule has 19 heteroatoms. The molecule has 0 heterocycles. The van der Waals surface area contributed by atoms with Crippen LogP contribution in [0.2, 0.25) is 0 Å². The molecule has 136 valence electrons. The Morgan fingerprint density at radius 1 is 0.800 bits per heavy atom. The van der Waals surface area contributed by atoms with Crippen molar-refractivity contribution in [2.75, 3.05) is 13.2 Å². The van der Waals surface area contributed by atoms with Crippen LogP contribution in [0.3, 0.4) is 0 Å². The Balaban J connectivity index is -0.0000000592. The SMILES string of the molecule is O=C(CO)C(O)C(O)C(O)CO.O=P([O-])([O-])[O-].O=P([O-])([O-])[O-].[Zn+2].[Zn+2].[Zn+2]. The largest absolute Gasteiger partial charge is 2.00 e. The summed E-state index contributed by atoms with van der Waals surface area (Å²) in [5, 5.41) is 43.1. The van der Waals surface area contributed by atoms with E-state index in [1.54, 1.807) is 0 Å². The Kier molecular flexibility index (Phi) is 33.3. The number of rotatable bonds is 5. The zero-order valence-electron chi connectivity index (χ0n) is 12.6. The predicted molar refractivity (Wildman–Crippen MR) is 52.4 cm³/mol. The smallest absolute Gasteiger partial charge is 0.822 e. The van der Waals surface area contributed by atoms with Crippen LogP contribution in [-0.2, 0) is 72.4 Å². The van der Waals surface area contributed by atoms with Crippen LogP contribution in [0.4, 0.5) is 0 Å². The van der Waals surface area contributed by atoms with E-state index < -0.39 is 53.0 Å². The van der Waals surface area contributed by atoms with Crippen LogP contribution >= 0.6 is 15.6 Å². The van der Waals surface area contributed by atoms with E-state index in [0.29, 0.717) is 0 Å². The molecule has 0 aromatic heterocycles. The number of carbonyl (C=O) groups is 1. The van der Waals surface area contributed by atoms with Gasteiger partial charge in [-0.25, -0.2) is 0 Å². The molecule has 0 aromatic carbocycles. The van der Waals surface area contributed by atoms with E-state index in [9.17, 15) is 4.79 Å². The molecule has 0 aliphatic rings. The maximum absolute atomic E-state index is 10.5. The Hall–Kier alpha value is 1.56. The van der Waals surface area contributed by atoms with E-state index >= 15 is 0 Å². The van der Waals surface area contributed by atoms with Crippen LogP contribution in [0.15, 0.2) is 0 Å². The minimum Gasteiger partial charge on any atom is -0.822 e. The molecular formula is C6H12O14P2Zn3. The molecule has 0 spiro atoms. The number of carbonyl (C=O) groups excluding carboxylic acids is 1. The summed E-state index contributed by atoms with van der Waals surface area (Å²) in [4.78, 5) is 61.8. The maximum atomic E-state index is 10.5. The molecule has 0 amide bonds. The number of hydrogen-bond acceptors (Lipinski definition) is 14. The van der Waals surface area contributed by atoms with Gasteiger partial charge >= 0.3 is 58.4 Å². The molecule has 0 saturated heterocycles. The molecule has 0 radical (unpaired) electrons. The zero-order chi connectivity index (χ0) is 18.7. The third-order valence-electron chi connectivity index (χ3n) is 1.39. The van der Waals surface area contributed by atoms with E-state index in [0.717, 1.165) is 0 Å². The summed E-state index contributed by atoms with van der Waals surface area (Å²) >= 11 is 0. The van der Waals surface area contributed by atoms with E-state index in [-0.39, 0.29) is 58.4 Å². The molecule has 0 aromatic rings. The van der Waals surface area contributed by atoms with Gasteiger partial charge in [-0.05, 0) is 0 Å². The van der Waals surface area contributed by atoms with E-state index in [1.807, 2.05) is 0 Å². The Morgan fingerprint density at radius 2 is 1.04 bits per heavy atom. The van der Waals surface area contributed by atoms with Gasteiger partial charge in [-0.1, -0.05) is 0 Å². The van der Waals surface area contributed by atoms with Gasteiger partial charge in [0.05, 0.1) is 6.61 Å². The van der Waals surface area contributed by atoms with E-state index in [4.69, 9.17) is 64.0 Å². The number of hydrogen-bond donors (Lipinski definition) is 5. The summed E-state index contributed by atoms with van der Waals surface area (Å²) in [7, 11) is -10.8. The first-order chi connectivity index (χ1) is 9.54. The van der Waals surface area contributed by atoms with Gasteiger partial charge in [-0.3, -0.25) is 4.79 Å². The number of aliphatic hydroxyl groups is 5. The van der Waals surface area contributed by atoms with Crippen LogP contribution in [0, 0.1) is 0 Å². The molecule has 14 nitrogen and oxygen atoms in total. The zero-order valence-corrected chi connectivity index (χ0v) is 23.3. The van der Waals surface area contributed by atoms with E-state index in [1.165, 1.54) is 0 Å². The van der Waals surface area contributed by atoms with Gasteiger partial charge in [0.15, 0.2) is 5.78 Å². The van der Waals surface area contributed by atoms with Gasteiger partial charge in [-0.15, -0.1) is 0 Å². The summed E-state index contributed by atoms with van der Waals surface area (Å²) in [6.07, 6.45) is -5.22. The molecular weight excluding hydrogens is 554 g/mol. The van der Waals surface area contributed by atoms with Gasteiger partial charge in [-0.2, -0.15) is 15.6 Å². The predicted octanol–water partition coefficient (Wildman–Crippen LogP) is -9.03. The van der Waals surface area contributed by atoms with Crippen molar-refractivity contribution in [3.8, 4) is 0 Å². The van der Waals surface area contributed by atoms with Crippen LogP contribution in [0.1, 0.15) is 0 Å². The van der Waals surface area contributed by atoms with Gasteiger partial charge in [0, 0.05) is 0 Å². The second-order valence-electron chi connectivity index (χ2n) is 3.20. The van der Waals surface area contributed by atoms with Crippen molar-refractivity contribution >= 4 is 21.4 Å². The van der Waals surface area contributed by atoms with Crippen molar-refractivity contribution in [3.63, 3.8) is 0 Å². The average molecular weight is 566 g/mol. The number of phosphoric acid groups is 2.